The third-order valence-electron chi connectivity index (χ3n) is 6.20. The molecular formula is C26H39N7O6. The van der Waals surface area contributed by atoms with E-state index in [1.165, 1.54) is 24.7 Å². The van der Waals surface area contributed by atoms with E-state index in [1.54, 1.807) is 26.0 Å². The summed E-state index contributed by atoms with van der Waals surface area (Å²) in [7, 11) is 0. The van der Waals surface area contributed by atoms with Gasteiger partial charge in [0.25, 0.3) is 0 Å². The second-order valence-corrected chi connectivity index (χ2v) is 9.73. The van der Waals surface area contributed by atoms with Crippen molar-refractivity contribution in [3.05, 3.63) is 48.0 Å². The summed E-state index contributed by atoms with van der Waals surface area (Å²) in [5.41, 5.74) is 12.7. The fourth-order valence-corrected chi connectivity index (χ4v) is 3.77. The van der Waals surface area contributed by atoms with Gasteiger partial charge in [-0.15, -0.1) is 0 Å². The average molecular weight is 546 g/mol. The monoisotopic (exact) mass is 545 g/mol. The number of amides is 3. The van der Waals surface area contributed by atoms with E-state index in [4.69, 9.17) is 11.5 Å². The number of hydrogen-bond donors (Lipinski definition) is 8. The smallest absolute Gasteiger partial charge is 0.326 e. The van der Waals surface area contributed by atoms with Crippen LogP contribution >= 0.6 is 0 Å². The van der Waals surface area contributed by atoms with Gasteiger partial charge in [-0.1, -0.05) is 26.0 Å². The zero-order chi connectivity index (χ0) is 28.9. The first-order valence-electron chi connectivity index (χ1n) is 12.9. The van der Waals surface area contributed by atoms with Crippen LogP contribution in [0.2, 0.25) is 0 Å². The number of hydrogen-bond acceptors (Lipinski definition) is 8. The first kappa shape index (κ1) is 31.2. The molecule has 10 N–H and O–H groups in total. The number of unbranched alkanes of at least 4 members (excludes halogenated alkanes) is 1. The summed E-state index contributed by atoms with van der Waals surface area (Å²) in [6.45, 7) is 3.98. The Morgan fingerprint density at radius 2 is 1.54 bits per heavy atom. The number of aromatic nitrogens is 2. The van der Waals surface area contributed by atoms with Gasteiger partial charge in [-0.05, 0) is 49.4 Å². The van der Waals surface area contributed by atoms with Crippen LogP contribution in [0.1, 0.15) is 44.4 Å². The van der Waals surface area contributed by atoms with E-state index in [2.05, 4.69) is 25.9 Å². The number of carboxylic acids is 1. The highest BCUT2D eigenvalue weighted by atomic mass is 16.4. The molecule has 0 bridgehead atoms. The van der Waals surface area contributed by atoms with Crippen LogP contribution in [0.15, 0.2) is 36.8 Å². The summed E-state index contributed by atoms with van der Waals surface area (Å²) in [5, 5.41) is 27.1. The molecule has 13 nitrogen and oxygen atoms in total. The first-order chi connectivity index (χ1) is 18.5. The number of nitrogens with two attached hydrogens (primary N) is 2. The second-order valence-electron chi connectivity index (χ2n) is 9.73. The van der Waals surface area contributed by atoms with Crippen molar-refractivity contribution in [2.45, 2.75) is 70.1 Å². The molecule has 2 rings (SSSR count). The largest absolute Gasteiger partial charge is 0.508 e. The normalized spacial score (nSPS) is 14.2. The van der Waals surface area contributed by atoms with Crippen LogP contribution < -0.4 is 27.4 Å². The van der Waals surface area contributed by atoms with Crippen LogP contribution in [-0.2, 0) is 32.0 Å². The number of imidazole rings is 1. The molecule has 0 saturated heterocycles. The van der Waals surface area contributed by atoms with Gasteiger partial charge in [0, 0.05) is 24.7 Å². The zero-order valence-corrected chi connectivity index (χ0v) is 22.2. The molecule has 0 aliphatic rings. The Labute approximate surface area is 227 Å². The summed E-state index contributed by atoms with van der Waals surface area (Å²) in [4.78, 5) is 57.8. The zero-order valence-electron chi connectivity index (χ0n) is 22.2. The molecule has 214 valence electrons. The molecule has 0 aliphatic carbocycles. The fraction of sp³-hybridized carbons (Fsp3) is 0.500. The van der Waals surface area contributed by atoms with Gasteiger partial charge in [0.2, 0.25) is 17.7 Å². The highest BCUT2D eigenvalue weighted by Crippen LogP contribution is 2.13. The Balaban J connectivity index is 2.25. The maximum absolute atomic E-state index is 13.4. The number of rotatable bonds is 16. The predicted octanol–water partition coefficient (Wildman–Crippen LogP) is -0.448. The molecule has 4 atom stereocenters. The highest BCUT2D eigenvalue weighted by Gasteiger charge is 2.31. The lowest BCUT2D eigenvalue weighted by molar-refractivity contribution is -0.142. The SMILES string of the molecule is CC(C)C(N)C(=O)NC(CCCCN)C(=O)NC(Cc1ccc(O)cc1)C(=O)NC(Cc1cnc[nH]1)C(=O)O. The lowest BCUT2D eigenvalue weighted by atomic mass is 10.0. The number of nitrogens with zero attached hydrogens (tertiary/aromatic N) is 1. The van der Waals surface area contributed by atoms with Gasteiger partial charge in [-0.3, -0.25) is 14.4 Å². The number of carbonyl (C=O) groups is 4. The number of aromatic hydroxyl groups is 1. The van der Waals surface area contributed by atoms with Crippen molar-refractivity contribution < 1.29 is 29.4 Å². The molecule has 0 aliphatic heterocycles. The molecule has 0 spiro atoms. The lowest BCUT2D eigenvalue weighted by Gasteiger charge is -2.26. The third kappa shape index (κ3) is 10.4. The van der Waals surface area contributed by atoms with Crippen molar-refractivity contribution in [2.24, 2.45) is 17.4 Å². The molecule has 1 heterocycles. The number of aliphatic carboxylic acids is 1. The Morgan fingerprint density at radius 3 is 2.10 bits per heavy atom. The van der Waals surface area contributed by atoms with Crippen molar-refractivity contribution >= 4 is 23.7 Å². The van der Waals surface area contributed by atoms with E-state index in [0.29, 0.717) is 30.6 Å². The lowest BCUT2D eigenvalue weighted by Crippen LogP contribution is -2.58. The molecule has 13 heteroatoms. The van der Waals surface area contributed by atoms with Crippen molar-refractivity contribution in [1.82, 2.24) is 25.9 Å². The first-order valence-corrected chi connectivity index (χ1v) is 12.9. The predicted molar refractivity (Wildman–Crippen MR) is 143 cm³/mol. The van der Waals surface area contributed by atoms with Gasteiger partial charge in [-0.2, -0.15) is 0 Å². The van der Waals surface area contributed by atoms with Gasteiger partial charge in [0.1, 0.15) is 23.9 Å². The highest BCUT2D eigenvalue weighted by molar-refractivity contribution is 5.94. The Kier molecular flexibility index (Phi) is 12.4. The minimum atomic E-state index is -1.29. The van der Waals surface area contributed by atoms with Crippen LogP contribution in [0.25, 0.3) is 0 Å². The summed E-state index contributed by atoms with van der Waals surface area (Å²) in [6.07, 6.45) is 4.25. The maximum Gasteiger partial charge on any atom is 0.326 e. The molecule has 1 aromatic carbocycles. The number of phenols is 1. The topological polar surface area (TPSA) is 226 Å². The van der Waals surface area contributed by atoms with Gasteiger partial charge in [-0.25, -0.2) is 9.78 Å². The quantitative estimate of drug-likeness (QED) is 0.128. The number of benzene rings is 1. The second kappa shape index (κ2) is 15.4. The van der Waals surface area contributed by atoms with Gasteiger partial charge in [0.05, 0.1) is 12.4 Å². The van der Waals surface area contributed by atoms with Gasteiger partial charge < -0.3 is 42.6 Å². The van der Waals surface area contributed by atoms with Gasteiger partial charge >= 0.3 is 5.97 Å². The van der Waals surface area contributed by atoms with Crippen molar-refractivity contribution in [1.29, 1.82) is 0 Å². The van der Waals surface area contributed by atoms with Crippen molar-refractivity contribution in [3.8, 4) is 5.75 Å². The summed E-state index contributed by atoms with van der Waals surface area (Å²) < 4.78 is 0. The molecule has 2 aromatic rings. The summed E-state index contributed by atoms with van der Waals surface area (Å²) in [5.74, 6) is -3.23. The number of H-pyrrole nitrogens is 1. The number of phenolic OH excluding ortho intramolecular Hbond substituents is 1. The minimum Gasteiger partial charge on any atom is -0.508 e. The molecular weight excluding hydrogens is 506 g/mol. The summed E-state index contributed by atoms with van der Waals surface area (Å²) >= 11 is 0. The third-order valence-corrected chi connectivity index (χ3v) is 6.20. The molecule has 3 amide bonds. The standard InChI is InChI=1S/C26H39N7O6/c1-15(2)22(28)25(37)31-19(5-3-4-10-27)23(35)32-20(11-16-6-8-18(34)9-7-16)24(36)33-21(26(38)39)12-17-13-29-14-30-17/h6-9,13-15,19-22,34H,3-5,10-12,27-28H2,1-2H3,(H,29,30)(H,31,37)(H,32,35)(H,33,36)(H,38,39). The fourth-order valence-electron chi connectivity index (χ4n) is 3.77. The number of nitrogens with one attached hydrogen (secondary N) is 4. The molecule has 0 radical (unpaired) electrons. The van der Waals surface area contributed by atoms with Crippen LogP contribution in [0.3, 0.4) is 0 Å². The van der Waals surface area contributed by atoms with E-state index in [0.717, 1.165) is 0 Å². The number of aromatic amines is 1. The average Bonchev–Trinajstić information content (AvgIpc) is 3.41. The summed E-state index contributed by atoms with van der Waals surface area (Å²) in [6, 6.07) is 1.77. The van der Waals surface area contributed by atoms with E-state index < -0.39 is 47.9 Å². The van der Waals surface area contributed by atoms with E-state index in [9.17, 15) is 29.4 Å². The van der Waals surface area contributed by atoms with Crippen LogP contribution in [0.4, 0.5) is 0 Å². The van der Waals surface area contributed by atoms with Gasteiger partial charge in [0.15, 0.2) is 0 Å². The minimum absolute atomic E-state index is 0.00320. The molecule has 1 aromatic heterocycles. The van der Waals surface area contributed by atoms with Crippen molar-refractivity contribution in [3.63, 3.8) is 0 Å². The molecule has 39 heavy (non-hydrogen) atoms. The van der Waals surface area contributed by atoms with Crippen LogP contribution in [-0.4, -0.2) is 74.6 Å². The molecule has 4 unspecified atom stereocenters. The van der Waals surface area contributed by atoms with Crippen LogP contribution in [0.5, 0.6) is 5.75 Å². The number of carbonyl (C=O) groups excluding carboxylic acids is 3. The Bertz CT molecular complexity index is 1070. The van der Waals surface area contributed by atoms with Crippen LogP contribution in [0, 0.1) is 5.92 Å². The molecule has 0 saturated carbocycles. The van der Waals surface area contributed by atoms with Crippen molar-refractivity contribution in [2.75, 3.05) is 6.54 Å². The Hall–Kier alpha value is -3.97. The molecule has 0 fully saturated rings. The van der Waals surface area contributed by atoms with E-state index >= 15 is 0 Å². The van der Waals surface area contributed by atoms with E-state index in [-0.39, 0.29) is 30.9 Å². The number of carboxylic acid groups (broad SMARTS) is 1. The van der Waals surface area contributed by atoms with E-state index in [1.807, 2.05) is 0 Å². The Morgan fingerprint density at radius 1 is 0.923 bits per heavy atom. The maximum atomic E-state index is 13.4.